The summed E-state index contributed by atoms with van der Waals surface area (Å²) in [7, 11) is 0. The highest BCUT2D eigenvalue weighted by atomic mass is 16.5. The highest BCUT2D eigenvalue weighted by Gasteiger charge is 2.17. The second-order valence-electron chi connectivity index (χ2n) is 5.94. The number of hydrogen-bond donors (Lipinski definition) is 0. The maximum absolute atomic E-state index is 12.5. The van der Waals surface area contributed by atoms with E-state index >= 15 is 0 Å². The van der Waals surface area contributed by atoms with E-state index < -0.39 is 5.63 Å². The topological polar surface area (TPSA) is 87.6 Å². The van der Waals surface area contributed by atoms with Crippen LogP contribution in [0.2, 0.25) is 0 Å². The van der Waals surface area contributed by atoms with Gasteiger partial charge in [-0.3, -0.25) is 0 Å². The molecule has 0 aliphatic rings. The molecule has 7 nitrogen and oxygen atoms in total. The number of rotatable bonds is 6. The highest BCUT2D eigenvalue weighted by molar-refractivity contribution is 5.85. The minimum Gasteiger partial charge on any atom is -0.494 e. The van der Waals surface area contributed by atoms with Crippen LogP contribution in [-0.4, -0.2) is 23.4 Å². The monoisotopic (exact) mass is 378 g/mol. The van der Waals surface area contributed by atoms with Gasteiger partial charge in [-0.2, -0.15) is 4.98 Å². The van der Waals surface area contributed by atoms with Crippen LogP contribution in [0.25, 0.3) is 33.8 Å². The molecule has 0 saturated carbocycles. The van der Waals surface area contributed by atoms with Gasteiger partial charge in [0.15, 0.2) is 11.3 Å². The maximum Gasteiger partial charge on any atom is 0.349 e. The molecule has 0 atom stereocenters. The molecular weight excluding hydrogens is 360 g/mol. The van der Waals surface area contributed by atoms with E-state index in [1.807, 2.05) is 50.2 Å². The fraction of sp³-hybridized carbons (Fsp3) is 0.190. The summed E-state index contributed by atoms with van der Waals surface area (Å²) in [6, 6.07) is 14.4. The third-order valence-electron chi connectivity index (χ3n) is 4.10. The van der Waals surface area contributed by atoms with Gasteiger partial charge < -0.3 is 18.4 Å². The number of fused-ring (bicyclic) bond motifs is 1. The number of para-hydroxylation sites is 1. The van der Waals surface area contributed by atoms with Crippen LogP contribution in [0.1, 0.15) is 13.8 Å². The normalized spacial score (nSPS) is 10.9. The van der Waals surface area contributed by atoms with E-state index in [1.165, 1.54) is 0 Å². The molecule has 4 aromatic rings. The summed E-state index contributed by atoms with van der Waals surface area (Å²) in [5, 5.41) is 4.68. The Bertz CT molecular complexity index is 1160. The van der Waals surface area contributed by atoms with E-state index in [0.29, 0.717) is 35.8 Å². The predicted molar refractivity (Wildman–Crippen MR) is 104 cm³/mol. The van der Waals surface area contributed by atoms with Gasteiger partial charge in [0, 0.05) is 10.9 Å². The first kappa shape index (κ1) is 17.8. The van der Waals surface area contributed by atoms with Crippen molar-refractivity contribution < 1.29 is 18.4 Å². The first-order valence-electron chi connectivity index (χ1n) is 8.96. The fourth-order valence-corrected chi connectivity index (χ4v) is 2.85. The number of benzene rings is 2. The summed E-state index contributed by atoms with van der Waals surface area (Å²) in [5.74, 6) is 1.75. The number of hydrogen-bond acceptors (Lipinski definition) is 7. The van der Waals surface area contributed by atoms with Crippen molar-refractivity contribution >= 4 is 11.0 Å². The number of nitrogens with zero attached hydrogens (tertiary/aromatic N) is 2. The first-order valence-corrected chi connectivity index (χ1v) is 8.96. The van der Waals surface area contributed by atoms with Gasteiger partial charge in [0.25, 0.3) is 5.89 Å². The maximum atomic E-state index is 12.5. The van der Waals surface area contributed by atoms with Gasteiger partial charge in [-0.25, -0.2) is 4.79 Å². The molecule has 0 unspecified atom stereocenters. The summed E-state index contributed by atoms with van der Waals surface area (Å²) in [4.78, 5) is 16.8. The first-order chi connectivity index (χ1) is 13.7. The zero-order valence-electron chi connectivity index (χ0n) is 15.5. The second kappa shape index (κ2) is 7.56. The second-order valence-corrected chi connectivity index (χ2v) is 5.94. The van der Waals surface area contributed by atoms with Crippen LogP contribution in [0.15, 0.2) is 62.3 Å². The smallest absolute Gasteiger partial charge is 0.349 e. The molecule has 2 heterocycles. The van der Waals surface area contributed by atoms with Gasteiger partial charge in [0.2, 0.25) is 5.82 Å². The molecule has 0 N–H and O–H groups in total. The minimum atomic E-state index is -0.568. The van der Waals surface area contributed by atoms with Crippen molar-refractivity contribution in [3.05, 3.63) is 59.0 Å². The van der Waals surface area contributed by atoms with E-state index in [-0.39, 0.29) is 11.5 Å². The Morgan fingerprint density at radius 3 is 2.54 bits per heavy atom. The molecule has 0 amide bonds. The lowest BCUT2D eigenvalue weighted by Crippen LogP contribution is -2.04. The highest BCUT2D eigenvalue weighted by Crippen LogP contribution is 2.28. The Hall–Kier alpha value is -3.61. The van der Waals surface area contributed by atoms with E-state index in [0.717, 1.165) is 11.3 Å². The van der Waals surface area contributed by atoms with Crippen molar-refractivity contribution in [3.63, 3.8) is 0 Å². The molecule has 0 bridgehead atoms. The van der Waals surface area contributed by atoms with Crippen LogP contribution in [0, 0.1) is 0 Å². The number of ether oxygens (including phenoxy) is 2. The molecule has 7 heteroatoms. The summed E-state index contributed by atoms with van der Waals surface area (Å²) in [6.07, 6.45) is 0. The van der Waals surface area contributed by atoms with Crippen LogP contribution >= 0.6 is 0 Å². The molecular formula is C21H18N2O5. The summed E-state index contributed by atoms with van der Waals surface area (Å²) in [6.45, 7) is 4.85. The molecule has 0 spiro atoms. The van der Waals surface area contributed by atoms with Crippen LogP contribution in [0.5, 0.6) is 11.5 Å². The molecule has 2 aromatic heterocycles. The zero-order chi connectivity index (χ0) is 19.5. The van der Waals surface area contributed by atoms with Crippen molar-refractivity contribution in [3.8, 4) is 34.3 Å². The third-order valence-corrected chi connectivity index (χ3v) is 4.10. The van der Waals surface area contributed by atoms with E-state index in [2.05, 4.69) is 10.1 Å². The Labute approximate surface area is 160 Å². The Balaban J connectivity index is 1.71. The molecule has 0 aliphatic heterocycles. The van der Waals surface area contributed by atoms with Gasteiger partial charge >= 0.3 is 5.63 Å². The molecule has 0 saturated heterocycles. The Morgan fingerprint density at radius 2 is 1.79 bits per heavy atom. The van der Waals surface area contributed by atoms with Crippen LogP contribution in [0.3, 0.4) is 0 Å². The van der Waals surface area contributed by atoms with Crippen molar-refractivity contribution in [2.75, 3.05) is 13.2 Å². The lowest BCUT2D eigenvalue weighted by Gasteiger charge is -2.06. The summed E-state index contributed by atoms with van der Waals surface area (Å²) >= 11 is 0. The van der Waals surface area contributed by atoms with Crippen molar-refractivity contribution in [1.82, 2.24) is 10.1 Å². The van der Waals surface area contributed by atoms with Crippen molar-refractivity contribution in [1.29, 1.82) is 0 Å². The molecule has 0 radical (unpaired) electrons. The van der Waals surface area contributed by atoms with E-state index in [4.69, 9.17) is 18.4 Å². The molecule has 142 valence electrons. The standard InChI is InChI=1S/C21H18N2O5/c1-3-25-15-10-8-13(9-11-15)19-22-20(28-23-19)16-12-14-6-5-7-17(26-4-2)18(14)27-21(16)24/h5-12H,3-4H2,1-2H3. The lowest BCUT2D eigenvalue weighted by molar-refractivity contribution is 0.337. The van der Waals surface area contributed by atoms with Gasteiger partial charge in [-0.1, -0.05) is 17.3 Å². The van der Waals surface area contributed by atoms with Gasteiger partial charge in [-0.05, 0) is 50.2 Å². The molecule has 0 aliphatic carbocycles. The van der Waals surface area contributed by atoms with Gasteiger partial charge in [-0.15, -0.1) is 0 Å². The van der Waals surface area contributed by atoms with E-state index in [1.54, 1.807) is 12.1 Å². The van der Waals surface area contributed by atoms with Crippen LogP contribution < -0.4 is 15.1 Å². The van der Waals surface area contributed by atoms with Crippen molar-refractivity contribution in [2.45, 2.75) is 13.8 Å². The van der Waals surface area contributed by atoms with Gasteiger partial charge in [0.1, 0.15) is 11.3 Å². The van der Waals surface area contributed by atoms with Crippen LogP contribution in [-0.2, 0) is 0 Å². The third kappa shape index (κ3) is 3.34. The lowest BCUT2D eigenvalue weighted by atomic mass is 10.1. The Morgan fingerprint density at radius 1 is 1.00 bits per heavy atom. The average molecular weight is 378 g/mol. The van der Waals surface area contributed by atoms with Crippen molar-refractivity contribution in [2.24, 2.45) is 0 Å². The largest absolute Gasteiger partial charge is 0.494 e. The number of aromatic nitrogens is 2. The molecule has 0 fully saturated rings. The summed E-state index contributed by atoms with van der Waals surface area (Å²) < 4.78 is 21.7. The van der Waals surface area contributed by atoms with Crippen LogP contribution in [0.4, 0.5) is 0 Å². The quantitative estimate of drug-likeness (QED) is 0.462. The zero-order valence-corrected chi connectivity index (χ0v) is 15.5. The SMILES string of the molecule is CCOc1ccc(-c2noc(-c3cc4cccc(OCC)c4oc3=O)n2)cc1. The molecule has 28 heavy (non-hydrogen) atoms. The minimum absolute atomic E-state index is 0.0985. The molecule has 4 rings (SSSR count). The fourth-order valence-electron chi connectivity index (χ4n) is 2.85. The van der Waals surface area contributed by atoms with E-state index in [9.17, 15) is 4.79 Å². The Kier molecular flexibility index (Phi) is 4.80. The predicted octanol–water partition coefficient (Wildman–Crippen LogP) is 4.31. The average Bonchev–Trinajstić information content (AvgIpc) is 3.19. The molecule has 2 aromatic carbocycles. The van der Waals surface area contributed by atoms with Gasteiger partial charge in [0.05, 0.1) is 13.2 Å². The summed E-state index contributed by atoms with van der Waals surface area (Å²) in [5.41, 5.74) is 0.777.